The molecule has 2 aromatic carbocycles. The van der Waals surface area contributed by atoms with Crippen LogP contribution in [0.2, 0.25) is 0 Å². The van der Waals surface area contributed by atoms with Gasteiger partial charge in [-0.1, -0.05) is 25.1 Å². The van der Waals surface area contributed by atoms with Gasteiger partial charge < -0.3 is 24.1 Å². The van der Waals surface area contributed by atoms with Crippen molar-refractivity contribution >= 4 is 28.8 Å². The minimum atomic E-state index is -0.595. The molecule has 2 amide bonds. The highest BCUT2D eigenvalue weighted by Crippen LogP contribution is 2.59. The zero-order valence-electron chi connectivity index (χ0n) is 19.1. The molecule has 0 unspecified atom stereocenters. The van der Waals surface area contributed by atoms with E-state index in [9.17, 15) is 14.4 Å². The van der Waals surface area contributed by atoms with Gasteiger partial charge in [-0.15, -0.1) is 0 Å². The summed E-state index contributed by atoms with van der Waals surface area (Å²) >= 11 is 0. The van der Waals surface area contributed by atoms with Crippen molar-refractivity contribution in [1.29, 1.82) is 0 Å². The lowest BCUT2D eigenvalue weighted by atomic mass is 10.0. The van der Waals surface area contributed by atoms with Crippen LogP contribution in [-0.2, 0) is 14.3 Å². The number of hydrogen-bond donors (Lipinski definition) is 1. The summed E-state index contributed by atoms with van der Waals surface area (Å²) in [7, 11) is 0. The van der Waals surface area contributed by atoms with Crippen LogP contribution in [0.1, 0.15) is 37.2 Å². The number of piperidine rings is 1. The van der Waals surface area contributed by atoms with Crippen LogP contribution in [0.15, 0.2) is 59.0 Å². The highest BCUT2D eigenvalue weighted by molar-refractivity contribution is 5.98. The summed E-state index contributed by atoms with van der Waals surface area (Å²) in [6.07, 6.45) is 1.45. The second-order valence-electron chi connectivity index (χ2n) is 9.06. The molecule has 34 heavy (non-hydrogen) atoms. The Hall–Kier alpha value is -3.81. The van der Waals surface area contributed by atoms with Gasteiger partial charge in [0.25, 0.3) is 5.91 Å². The van der Waals surface area contributed by atoms with Gasteiger partial charge in [-0.3, -0.25) is 9.59 Å². The lowest BCUT2D eigenvalue weighted by Crippen LogP contribution is -2.48. The number of fused-ring (bicyclic) bond motifs is 2. The quantitative estimate of drug-likeness (QED) is 0.535. The maximum atomic E-state index is 12.9. The third-order valence-electron chi connectivity index (χ3n) is 6.57. The van der Waals surface area contributed by atoms with E-state index in [1.165, 1.54) is 0 Å². The maximum Gasteiger partial charge on any atom is 0.328 e. The van der Waals surface area contributed by atoms with Gasteiger partial charge in [-0.05, 0) is 61.6 Å². The Balaban J connectivity index is 1.24. The van der Waals surface area contributed by atoms with E-state index in [-0.39, 0.29) is 42.2 Å². The van der Waals surface area contributed by atoms with Crippen molar-refractivity contribution in [3.8, 4) is 11.5 Å². The van der Waals surface area contributed by atoms with Gasteiger partial charge in [0.05, 0.1) is 13.2 Å². The second kappa shape index (κ2) is 8.52. The number of hydrogen-bond acceptors (Lipinski definition) is 6. The molecule has 1 saturated carbocycles. The van der Waals surface area contributed by atoms with E-state index in [0.29, 0.717) is 28.9 Å². The molecule has 1 aromatic heterocycles. The molecule has 3 aromatic rings. The first kappa shape index (κ1) is 22.0. The third-order valence-corrected chi connectivity index (χ3v) is 6.57. The van der Waals surface area contributed by atoms with Crippen molar-refractivity contribution in [2.24, 2.45) is 5.41 Å². The normalized spacial score (nSPS) is 22.8. The summed E-state index contributed by atoms with van der Waals surface area (Å²) in [6, 6.07) is 15.7. The molecule has 1 aliphatic heterocycles. The van der Waals surface area contributed by atoms with Crippen LogP contribution in [0, 0.1) is 5.41 Å². The number of likely N-dealkylation sites (tertiary alicyclic amines) is 1. The number of amides is 2. The van der Waals surface area contributed by atoms with Gasteiger partial charge in [-0.2, -0.15) is 0 Å². The van der Waals surface area contributed by atoms with Crippen molar-refractivity contribution < 1.29 is 28.3 Å². The average Bonchev–Trinajstić information content (AvgIpc) is 3.16. The molecule has 1 N–H and O–H groups in total. The molecule has 8 heteroatoms. The number of nitrogens with one attached hydrogen (secondary N) is 1. The van der Waals surface area contributed by atoms with E-state index in [0.717, 1.165) is 6.42 Å². The van der Waals surface area contributed by atoms with Gasteiger partial charge in [0.2, 0.25) is 5.91 Å². The first-order valence-electron chi connectivity index (χ1n) is 11.4. The number of esters is 1. The number of rotatable bonds is 7. The van der Waals surface area contributed by atoms with E-state index in [4.69, 9.17) is 13.9 Å². The molecule has 0 radical (unpaired) electrons. The Bertz CT molecular complexity index is 1250. The molecule has 5 rings (SSSR count). The first-order chi connectivity index (χ1) is 16.4. The van der Waals surface area contributed by atoms with Crippen molar-refractivity contribution in [1.82, 2.24) is 10.2 Å². The zero-order valence-corrected chi connectivity index (χ0v) is 19.1. The molecule has 0 spiro atoms. The summed E-state index contributed by atoms with van der Waals surface area (Å²) < 4.78 is 16.6. The number of furan rings is 1. The van der Waals surface area contributed by atoms with Gasteiger partial charge in [-0.25, -0.2) is 4.79 Å². The Morgan fingerprint density at radius 2 is 1.88 bits per heavy atom. The molecular weight excluding hydrogens is 436 g/mol. The topological polar surface area (TPSA) is 98.1 Å². The predicted molar refractivity (Wildman–Crippen MR) is 123 cm³/mol. The maximum absolute atomic E-state index is 12.9. The standard InChI is InChI=1S/C26H26N2O6/c1-3-32-25(31)19-13-26(2)14-22(26)28(19)23(29)15-27-24(30)21-12-16-11-18(9-10-20(16)34-21)33-17-7-5-4-6-8-17/h4-12,19,22H,3,13-15H2,1-2H3,(H,27,30)/t19-,22-,26+/m0/s1. The van der Waals surface area contributed by atoms with Crippen LogP contribution in [0.3, 0.4) is 0 Å². The zero-order chi connectivity index (χ0) is 23.9. The summed E-state index contributed by atoms with van der Waals surface area (Å²) in [5, 5.41) is 3.34. The first-order valence-corrected chi connectivity index (χ1v) is 11.4. The summed E-state index contributed by atoms with van der Waals surface area (Å²) in [6.45, 7) is 3.85. The van der Waals surface area contributed by atoms with E-state index in [1.807, 2.05) is 30.3 Å². The lowest BCUT2D eigenvalue weighted by molar-refractivity contribution is -0.153. The van der Waals surface area contributed by atoms with Gasteiger partial charge in [0, 0.05) is 11.4 Å². The van der Waals surface area contributed by atoms with Gasteiger partial charge in [0.1, 0.15) is 23.1 Å². The number of nitrogens with zero attached hydrogens (tertiary/aromatic N) is 1. The largest absolute Gasteiger partial charge is 0.464 e. The van der Waals surface area contributed by atoms with Crippen LogP contribution in [0.5, 0.6) is 11.5 Å². The Kier molecular flexibility index (Phi) is 5.51. The Labute approximate surface area is 196 Å². The van der Waals surface area contributed by atoms with Crippen molar-refractivity contribution in [3.05, 3.63) is 60.4 Å². The van der Waals surface area contributed by atoms with Crippen LogP contribution in [-0.4, -0.2) is 47.9 Å². The molecular formula is C26H26N2O6. The fraction of sp³-hybridized carbons (Fsp3) is 0.346. The number of para-hydroxylation sites is 1. The third kappa shape index (κ3) is 4.11. The van der Waals surface area contributed by atoms with Crippen molar-refractivity contribution in [2.45, 2.75) is 38.8 Å². The number of ether oxygens (including phenoxy) is 2. The molecule has 176 valence electrons. The van der Waals surface area contributed by atoms with E-state index < -0.39 is 11.9 Å². The van der Waals surface area contributed by atoms with Crippen LogP contribution >= 0.6 is 0 Å². The van der Waals surface area contributed by atoms with Gasteiger partial charge >= 0.3 is 5.97 Å². The highest BCUT2D eigenvalue weighted by Gasteiger charge is 2.64. The molecule has 2 fully saturated rings. The second-order valence-corrected chi connectivity index (χ2v) is 9.06. The minimum absolute atomic E-state index is 0.0144. The minimum Gasteiger partial charge on any atom is -0.464 e. The van der Waals surface area contributed by atoms with E-state index in [1.54, 1.807) is 36.1 Å². The lowest BCUT2D eigenvalue weighted by Gasteiger charge is -2.26. The molecule has 2 heterocycles. The molecule has 1 saturated heterocycles. The van der Waals surface area contributed by atoms with Crippen LogP contribution in [0.4, 0.5) is 0 Å². The smallest absolute Gasteiger partial charge is 0.328 e. The van der Waals surface area contributed by atoms with Crippen molar-refractivity contribution in [2.75, 3.05) is 13.2 Å². The highest BCUT2D eigenvalue weighted by atomic mass is 16.5. The predicted octanol–water partition coefficient (Wildman–Crippen LogP) is 3.90. The fourth-order valence-electron chi connectivity index (χ4n) is 4.73. The SMILES string of the molecule is CCOC(=O)[C@@H]1C[C@]2(C)C[C@@H]2N1C(=O)CNC(=O)c1cc2cc(Oc3ccccc3)ccc2o1. The molecule has 1 aliphatic carbocycles. The van der Waals surface area contributed by atoms with Gasteiger partial charge in [0.15, 0.2) is 5.76 Å². The summed E-state index contributed by atoms with van der Waals surface area (Å²) in [5.41, 5.74) is 0.489. The molecule has 0 bridgehead atoms. The number of carbonyl (C=O) groups is 3. The summed E-state index contributed by atoms with van der Waals surface area (Å²) in [4.78, 5) is 39.5. The average molecular weight is 463 g/mol. The van der Waals surface area contributed by atoms with E-state index in [2.05, 4.69) is 12.2 Å². The van der Waals surface area contributed by atoms with Crippen molar-refractivity contribution in [3.63, 3.8) is 0 Å². The molecule has 2 aliphatic rings. The Morgan fingerprint density at radius 1 is 1.09 bits per heavy atom. The van der Waals surface area contributed by atoms with E-state index >= 15 is 0 Å². The van der Waals surface area contributed by atoms with Crippen LogP contribution < -0.4 is 10.1 Å². The fourth-order valence-corrected chi connectivity index (χ4v) is 4.73. The molecule has 3 atom stereocenters. The number of benzene rings is 2. The summed E-state index contributed by atoms with van der Waals surface area (Å²) in [5.74, 6) is 0.235. The Morgan fingerprint density at radius 3 is 2.65 bits per heavy atom. The number of carbonyl (C=O) groups excluding carboxylic acids is 3. The molecule has 8 nitrogen and oxygen atoms in total. The van der Waals surface area contributed by atoms with Crippen LogP contribution in [0.25, 0.3) is 11.0 Å². The monoisotopic (exact) mass is 462 g/mol.